The van der Waals surface area contributed by atoms with Crippen molar-refractivity contribution >= 4 is 11.7 Å². The molecule has 0 aliphatic carbocycles. The van der Waals surface area contributed by atoms with Crippen LogP contribution in [0.4, 0.5) is 10.5 Å². The lowest BCUT2D eigenvalue weighted by Gasteiger charge is -2.03. The molecule has 9 nitrogen and oxygen atoms in total. The minimum atomic E-state index is -1.02. The number of hydrogen-bond donors (Lipinski definition) is 2. The van der Waals surface area contributed by atoms with E-state index in [9.17, 15) is 9.70 Å². The average molecular weight is 286 g/mol. The molecular weight excluding hydrogens is 274 g/mol. The van der Waals surface area contributed by atoms with Crippen LogP contribution in [0, 0.1) is 16.2 Å². The molecule has 0 fully saturated rings. The normalized spacial score (nSPS) is 11.2. The fourth-order valence-electron chi connectivity index (χ4n) is 1.55. The maximum atomic E-state index is 11.7. The van der Waals surface area contributed by atoms with Gasteiger partial charge in [-0.2, -0.15) is 10.7 Å². The Balaban J connectivity index is 1.92. The summed E-state index contributed by atoms with van der Waals surface area (Å²) in [6.45, 7) is 0.0228. The molecular formula is C12H12N7O2+. The molecule has 1 heterocycles. The van der Waals surface area contributed by atoms with Gasteiger partial charge in [-0.15, -0.1) is 14.3 Å². The summed E-state index contributed by atoms with van der Waals surface area (Å²) >= 11 is 0. The zero-order chi connectivity index (χ0) is 15.1. The van der Waals surface area contributed by atoms with Crippen molar-refractivity contribution < 1.29 is 9.47 Å². The number of aromatic nitrogens is 3. The first kappa shape index (κ1) is 14.1. The van der Waals surface area contributed by atoms with E-state index in [1.165, 1.54) is 22.0 Å². The van der Waals surface area contributed by atoms with E-state index in [4.69, 9.17) is 5.26 Å². The Kier molecular flexibility index (Phi) is 4.55. The number of nitroso groups, excluding NO2 is 1. The first-order valence-corrected chi connectivity index (χ1v) is 6.00. The summed E-state index contributed by atoms with van der Waals surface area (Å²) < 4.78 is 2.63. The Morgan fingerprint density at radius 3 is 2.90 bits per heavy atom. The fourth-order valence-corrected chi connectivity index (χ4v) is 1.55. The Hall–Kier alpha value is -3.28. The molecule has 0 saturated heterocycles. The number of benzene rings is 1. The number of carbonyl (C=O) groups excluding carboxylic acids is 1. The summed E-state index contributed by atoms with van der Waals surface area (Å²) in [5.41, 5.74) is 3.16. The van der Waals surface area contributed by atoms with E-state index in [1.54, 1.807) is 30.3 Å². The lowest BCUT2D eigenvalue weighted by Crippen LogP contribution is -2.48. The number of para-hydroxylation sites is 1. The Morgan fingerprint density at radius 1 is 1.48 bits per heavy atom. The molecule has 1 unspecified atom stereocenters. The highest BCUT2D eigenvalue weighted by molar-refractivity contribution is 5.93. The standard InChI is InChI=1S/C12H11N7O2/c13-6-11(17-21)7-18-9-19(8-14-18)16-12(20)15-10-4-2-1-3-5-10/h1-5,8-9,11H,7H2,(H-,15,16,20)/p+1. The van der Waals surface area contributed by atoms with Crippen LogP contribution in [-0.4, -0.2) is 21.9 Å². The maximum absolute atomic E-state index is 11.7. The summed E-state index contributed by atoms with van der Waals surface area (Å²) in [5.74, 6) is 0. The van der Waals surface area contributed by atoms with Crippen molar-refractivity contribution in [3.05, 3.63) is 47.9 Å². The molecule has 1 aromatic heterocycles. The average Bonchev–Trinajstić information content (AvgIpc) is 2.92. The van der Waals surface area contributed by atoms with Crippen LogP contribution in [0.25, 0.3) is 0 Å². The number of hydrogen-bond acceptors (Lipinski definition) is 5. The van der Waals surface area contributed by atoms with Gasteiger partial charge < -0.3 is 5.32 Å². The van der Waals surface area contributed by atoms with Crippen molar-refractivity contribution in [1.29, 1.82) is 5.26 Å². The molecule has 0 aliphatic heterocycles. The van der Waals surface area contributed by atoms with Gasteiger partial charge in [0, 0.05) is 10.8 Å². The number of rotatable bonds is 5. The van der Waals surface area contributed by atoms with Crippen LogP contribution in [0.15, 0.2) is 48.2 Å². The van der Waals surface area contributed by atoms with Gasteiger partial charge in [-0.3, -0.25) is 0 Å². The number of amides is 2. The minimum Gasteiger partial charge on any atom is -0.306 e. The number of nitriles is 1. The molecule has 0 spiro atoms. The third kappa shape index (κ3) is 4.10. The molecule has 106 valence electrons. The molecule has 1 aromatic carbocycles. The van der Waals surface area contributed by atoms with E-state index in [-0.39, 0.29) is 6.54 Å². The largest absolute Gasteiger partial charge is 0.349 e. The molecule has 0 radical (unpaired) electrons. The summed E-state index contributed by atoms with van der Waals surface area (Å²) in [4.78, 5) is 22.1. The first-order valence-electron chi connectivity index (χ1n) is 6.00. The van der Waals surface area contributed by atoms with Crippen molar-refractivity contribution in [2.24, 2.45) is 5.18 Å². The third-order valence-electron chi connectivity index (χ3n) is 2.48. The number of urea groups is 1. The van der Waals surface area contributed by atoms with Gasteiger partial charge in [0.2, 0.25) is 12.4 Å². The Labute approximate surface area is 119 Å². The van der Waals surface area contributed by atoms with E-state index in [0.29, 0.717) is 5.69 Å². The van der Waals surface area contributed by atoms with E-state index < -0.39 is 12.1 Å². The van der Waals surface area contributed by atoms with Gasteiger partial charge in [0.05, 0.1) is 6.07 Å². The molecule has 2 amide bonds. The van der Waals surface area contributed by atoms with Crippen LogP contribution < -0.4 is 15.4 Å². The quantitative estimate of drug-likeness (QED) is 0.618. The molecule has 0 aliphatic rings. The number of nitrogens with one attached hydrogen (secondary N) is 2. The Morgan fingerprint density at radius 2 is 2.24 bits per heavy atom. The highest BCUT2D eigenvalue weighted by Gasteiger charge is 2.15. The summed E-state index contributed by atoms with van der Waals surface area (Å²) in [5, 5.41) is 17.8. The summed E-state index contributed by atoms with van der Waals surface area (Å²) in [6, 6.07) is 9.21. The molecule has 1 atom stereocenters. The number of anilines is 1. The lowest BCUT2D eigenvalue weighted by atomic mass is 10.3. The molecule has 2 rings (SSSR count). The topological polar surface area (TPSA) is 116 Å². The van der Waals surface area contributed by atoms with Crippen molar-refractivity contribution in [2.75, 3.05) is 10.7 Å². The van der Waals surface area contributed by atoms with Crippen LogP contribution in [-0.2, 0) is 6.54 Å². The highest BCUT2D eigenvalue weighted by Crippen LogP contribution is 2.03. The summed E-state index contributed by atoms with van der Waals surface area (Å²) in [6.07, 6.45) is 2.77. The third-order valence-corrected chi connectivity index (χ3v) is 2.48. The van der Waals surface area contributed by atoms with Gasteiger partial charge in [0.15, 0.2) is 0 Å². The SMILES string of the molecule is N#CC(Cn1c[n+](NC(=O)Nc2ccccc2)cn1)N=O. The van der Waals surface area contributed by atoms with Gasteiger partial charge >= 0.3 is 6.03 Å². The van der Waals surface area contributed by atoms with Crippen molar-refractivity contribution in [1.82, 2.24) is 9.78 Å². The molecule has 2 aromatic rings. The highest BCUT2D eigenvalue weighted by atomic mass is 16.3. The second-order valence-corrected chi connectivity index (χ2v) is 4.06. The molecule has 0 saturated carbocycles. The van der Waals surface area contributed by atoms with Crippen LogP contribution in [0.5, 0.6) is 0 Å². The predicted octanol–water partition coefficient (Wildman–Crippen LogP) is 0.605. The van der Waals surface area contributed by atoms with Gasteiger partial charge in [-0.1, -0.05) is 18.2 Å². The van der Waals surface area contributed by atoms with Gasteiger partial charge in [-0.25, -0.2) is 4.79 Å². The summed E-state index contributed by atoms with van der Waals surface area (Å²) in [7, 11) is 0. The minimum absolute atomic E-state index is 0.0228. The lowest BCUT2D eigenvalue weighted by molar-refractivity contribution is -0.642. The zero-order valence-corrected chi connectivity index (χ0v) is 10.9. The second-order valence-electron chi connectivity index (χ2n) is 4.06. The van der Waals surface area contributed by atoms with Crippen molar-refractivity contribution in [3.63, 3.8) is 0 Å². The monoisotopic (exact) mass is 286 g/mol. The van der Waals surface area contributed by atoms with E-state index in [2.05, 4.69) is 21.0 Å². The van der Waals surface area contributed by atoms with Gasteiger partial charge in [0.1, 0.15) is 6.54 Å². The van der Waals surface area contributed by atoms with Gasteiger partial charge in [-0.05, 0) is 17.3 Å². The van der Waals surface area contributed by atoms with E-state index in [1.807, 2.05) is 6.07 Å². The van der Waals surface area contributed by atoms with Crippen molar-refractivity contribution in [2.45, 2.75) is 12.6 Å². The van der Waals surface area contributed by atoms with Gasteiger partial charge in [0.25, 0.3) is 6.33 Å². The van der Waals surface area contributed by atoms with Crippen molar-refractivity contribution in [3.8, 4) is 6.07 Å². The van der Waals surface area contributed by atoms with E-state index >= 15 is 0 Å². The maximum Gasteiger partial charge on any atom is 0.349 e. The zero-order valence-electron chi connectivity index (χ0n) is 10.9. The molecule has 0 bridgehead atoms. The number of nitrogens with zero attached hydrogens (tertiary/aromatic N) is 5. The van der Waals surface area contributed by atoms with Crippen LogP contribution in [0.2, 0.25) is 0 Å². The molecule has 9 heteroatoms. The Bertz CT molecular complexity index is 662. The van der Waals surface area contributed by atoms with Crippen LogP contribution >= 0.6 is 0 Å². The van der Waals surface area contributed by atoms with E-state index in [0.717, 1.165) is 0 Å². The molecule has 2 N–H and O–H groups in total. The number of carbonyl (C=O) groups is 1. The first-order chi connectivity index (χ1) is 10.2. The second kappa shape index (κ2) is 6.76. The predicted molar refractivity (Wildman–Crippen MR) is 72.4 cm³/mol. The van der Waals surface area contributed by atoms with Crippen LogP contribution in [0.3, 0.4) is 0 Å². The fraction of sp³-hybridized carbons (Fsp3) is 0.167. The van der Waals surface area contributed by atoms with Crippen LogP contribution in [0.1, 0.15) is 0 Å². The molecule has 21 heavy (non-hydrogen) atoms. The smallest absolute Gasteiger partial charge is 0.306 e.